The molecule has 3 nitrogen and oxygen atoms in total. The van der Waals surface area contributed by atoms with Crippen LogP contribution in [0.3, 0.4) is 0 Å². The van der Waals surface area contributed by atoms with E-state index in [0.717, 1.165) is 12.5 Å². The number of piperidine rings is 2. The number of hydrogen-bond donors (Lipinski definition) is 2. The molecule has 0 radical (unpaired) electrons. The number of hydrogen-bond acceptors (Lipinski definition) is 3. The Morgan fingerprint density at radius 1 is 1.27 bits per heavy atom. The maximum atomic E-state index is 6.08. The Hall–Kier alpha value is -0.120. The summed E-state index contributed by atoms with van der Waals surface area (Å²) in [7, 11) is 2.23. The normalized spacial score (nSPS) is 29.2. The zero-order valence-electron chi connectivity index (χ0n) is 9.97. The van der Waals surface area contributed by atoms with E-state index >= 15 is 0 Å². The lowest BCUT2D eigenvalue weighted by atomic mass is 9.65. The quantitative estimate of drug-likeness (QED) is 0.705. The Kier molecular flexibility index (Phi) is 3.65. The highest BCUT2D eigenvalue weighted by molar-refractivity contribution is 4.93. The molecule has 2 rings (SSSR count). The molecule has 2 aliphatic heterocycles. The van der Waals surface area contributed by atoms with Crippen molar-refractivity contribution in [1.82, 2.24) is 10.2 Å². The van der Waals surface area contributed by atoms with Gasteiger partial charge in [0.25, 0.3) is 0 Å². The zero-order valence-corrected chi connectivity index (χ0v) is 9.97. The molecule has 0 aromatic rings. The van der Waals surface area contributed by atoms with Gasteiger partial charge in [-0.2, -0.15) is 0 Å². The van der Waals surface area contributed by atoms with Gasteiger partial charge in [0.1, 0.15) is 0 Å². The molecule has 15 heavy (non-hydrogen) atoms. The molecular weight excluding hydrogens is 186 g/mol. The second-order valence-electron chi connectivity index (χ2n) is 5.39. The molecule has 0 saturated carbocycles. The predicted molar refractivity (Wildman–Crippen MR) is 63.8 cm³/mol. The van der Waals surface area contributed by atoms with E-state index in [0.29, 0.717) is 5.41 Å². The molecule has 2 saturated heterocycles. The van der Waals surface area contributed by atoms with Crippen molar-refractivity contribution in [1.29, 1.82) is 0 Å². The van der Waals surface area contributed by atoms with Gasteiger partial charge in [-0.25, -0.2) is 0 Å². The summed E-state index contributed by atoms with van der Waals surface area (Å²) < 4.78 is 0. The van der Waals surface area contributed by atoms with Crippen molar-refractivity contribution >= 4 is 0 Å². The topological polar surface area (TPSA) is 41.3 Å². The molecule has 0 aromatic carbocycles. The molecule has 0 amide bonds. The van der Waals surface area contributed by atoms with E-state index in [-0.39, 0.29) is 0 Å². The van der Waals surface area contributed by atoms with E-state index in [1.807, 2.05) is 0 Å². The Balaban J connectivity index is 2.00. The second-order valence-corrected chi connectivity index (χ2v) is 5.39. The summed E-state index contributed by atoms with van der Waals surface area (Å²) in [5.41, 5.74) is 6.54. The molecule has 0 aromatic heterocycles. The van der Waals surface area contributed by atoms with Gasteiger partial charge < -0.3 is 16.0 Å². The van der Waals surface area contributed by atoms with Crippen LogP contribution in [-0.4, -0.2) is 44.7 Å². The van der Waals surface area contributed by atoms with Gasteiger partial charge in [-0.1, -0.05) is 0 Å². The molecule has 88 valence electrons. The van der Waals surface area contributed by atoms with Crippen molar-refractivity contribution < 1.29 is 0 Å². The molecule has 0 atom stereocenters. The van der Waals surface area contributed by atoms with E-state index in [1.165, 1.54) is 51.9 Å². The standard InChI is InChI=1S/C12H25N3/c1-15-8-4-12(10-13,5-9-15)11-2-6-14-7-3-11/h11,14H,2-10,13H2,1H3. The smallest absolute Gasteiger partial charge is 0.00159 e. The summed E-state index contributed by atoms with van der Waals surface area (Å²) in [6.45, 7) is 5.76. The van der Waals surface area contributed by atoms with Crippen molar-refractivity contribution in [2.24, 2.45) is 17.1 Å². The van der Waals surface area contributed by atoms with Gasteiger partial charge >= 0.3 is 0 Å². The number of nitrogens with one attached hydrogen (secondary N) is 1. The van der Waals surface area contributed by atoms with Crippen LogP contribution in [-0.2, 0) is 0 Å². The summed E-state index contributed by atoms with van der Waals surface area (Å²) >= 11 is 0. The van der Waals surface area contributed by atoms with Crippen molar-refractivity contribution in [2.45, 2.75) is 25.7 Å². The van der Waals surface area contributed by atoms with Crippen LogP contribution in [0.25, 0.3) is 0 Å². The minimum atomic E-state index is 0.467. The summed E-state index contributed by atoms with van der Waals surface area (Å²) in [4.78, 5) is 2.44. The minimum absolute atomic E-state index is 0.467. The number of nitrogens with two attached hydrogens (primary N) is 1. The molecule has 3 heteroatoms. The zero-order chi connectivity index (χ0) is 10.7. The predicted octanol–water partition coefficient (Wildman–Crippen LogP) is 0.657. The summed E-state index contributed by atoms with van der Waals surface area (Å²) in [6, 6.07) is 0. The molecule has 0 spiro atoms. The van der Waals surface area contributed by atoms with Gasteiger partial charge in [0, 0.05) is 0 Å². The van der Waals surface area contributed by atoms with Gasteiger partial charge in [-0.15, -0.1) is 0 Å². The SMILES string of the molecule is CN1CCC(CN)(C2CCNCC2)CC1. The third kappa shape index (κ3) is 2.35. The van der Waals surface area contributed by atoms with E-state index < -0.39 is 0 Å². The monoisotopic (exact) mass is 211 g/mol. The third-order valence-electron chi connectivity index (χ3n) is 4.59. The average molecular weight is 211 g/mol. The van der Waals surface area contributed by atoms with E-state index in [2.05, 4.69) is 17.3 Å². The first-order chi connectivity index (χ1) is 7.27. The first kappa shape index (κ1) is 11.4. The molecule has 3 N–H and O–H groups in total. The van der Waals surface area contributed by atoms with Crippen LogP contribution in [0.2, 0.25) is 0 Å². The second kappa shape index (κ2) is 4.81. The van der Waals surface area contributed by atoms with Crippen LogP contribution in [0, 0.1) is 11.3 Å². The lowest BCUT2D eigenvalue weighted by Gasteiger charge is -2.47. The van der Waals surface area contributed by atoms with Crippen LogP contribution >= 0.6 is 0 Å². The van der Waals surface area contributed by atoms with E-state index in [9.17, 15) is 0 Å². The number of likely N-dealkylation sites (tertiary alicyclic amines) is 1. The van der Waals surface area contributed by atoms with Gasteiger partial charge in [0.15, 0.2) is 0 Å². The molecular formula is C12H25N3. The van der Waals surface area contributed by atoms with Crippen LogP contribution in [0.5, 0.6) is 0 Å². The molecule has 0 aliphatic carbocycles. The molecule has 2 heterocycles. The Labute approximate surface area is 93.4 Å². The van der Waals surface area contributed by atoms with Crippen molar-refractivity contribution in [3.05, 3.63) is 0 Å². The fourth-order valence-electron chi connectivity index (χ4n) is 3.28. The van der Waals surface area contributed by atoms with E-state index in [1.54, 1.807) is 0 Å². The van der Waals surface area contributed by atoms with E-state index in [4.69, 9.17) is 5.73 Å². The highest BCUT2D eigenvalue weighted by Gasteiger charge is 2.39. The summed E-state index contributed by atoms with van der Waals surface area (Å²) in [6.07, 6.45) is 5.29. The van der Waals surface area contributed by atoms with Gasteiger partial charge in [-0.3, -0.25) is 0 Å². The Morgan fingerprint density at radius 3 is 2.40 bits per heavy atom. The number of rotatable bonds is 2. The molecule has 0 bridgehead atoms. The summed E-state index contributed by atoms with van der Waals surface area (Å²) in [5, 5.41) is 3.45. The Bertz CT molecular complexity index is 191. The van der Waals surface area contributed by atoms with Crippen molar-refractivity contribution in [3.63, 3.8) is 0 Å². The van der Waals surface area contributed by atoms with Crippen LogP contribution < -0.4 is 11.1 Å². The highest BCUT2D eigenvalue weighted by Crippen LogP contribution is 2.41. The van der Waals surface area contributed by atoms with Gasteiger partial charge in [-0.05, 0) is 76.8 Å². The molecule has 2 fully saturated rings. The molecule has 0 unspecified atom stereocenters. The van der Waals surface area contributed by atoms with Crippen molar-refractivity contribution in [2.75, 3.05) is 39.8 Å². The first-order valence-electron chi connectivity index (χ1n) is 6.36. The number of nitrogens with zero attached hydrogens (tertiary/aromatic N) is 1. The third-order valence-corrected chi connectivity index (χ3v) is 4.59. The Morgan fingerprint density at radius 2 is 1.87 bits per heavy atom. The van der Waals surface area contributed by atoms with Crippen molar-refractivity contribution in [3.8, 4) is 0 Å². The molecule has 2 aliphatic rings. The maximum absolute atomic E-state index is 6.08. The maximum Gasteiger partial charge on any atom is -0.00159 e. The van der Waals surface area contributed by atoms with Crippen LogP contribution in [0.4, 0.5) is 0 Å². The summed E-state index contributed by atoms with van der Waals surface area (Å²) in [5.74, 6) is 0.873. The lowest BCUT2D eigenvalue weighted by molar-refractivity contribution is 0.0493. The first-order valence-corrected chi connectivity index (χ1v) is 6.36. The van der Waals surface area contributed by atoms with Crippen LogP contribution in [0.1, 0.15) is 25.7 Å². The van der Waals surface area contributed by atoms with Gasteiger partial charge in [0.2, 0.25) is 0 Å². The lowest BCUT2D eigenvalue weighted by Crippen LogP contribution is -2.49. The fraction of sp³-hybridized carbons (Fsp3) is 1.00. The highest BCUT2D eigenvalue weighted by atomic mass is 15.1. The van der Waals surface area contributed by atoms with Crippen LogP contribution in [0.15, 0.2) is 0 Å². The van der Waals surface area contributed by atoms with Gasteiger partial charge in [0.05, 0.1) is 0 Å². The average Bonchev–Trinajstić information content (AvgIpc) is 2.32. The largest absolute Gasteiger partial charge is 0.330 e. The fourth-order valence-corrected chi connectivity index (χ4v) is 3.28. The minimum Gasteiger partial charge on any atom is -0.330 e.